The van der Waals surface area contributed by atoms with E-state index in [1.54, 1.807) is 11.3 Å². The predicted octanol–water partition coefficient (Wildman–Crippen LogP) is 3.79. The van der Waals surface area contributed by atoms with Gasteiger partial charge in [0.05, 0.1) is 12.2 Å². The first-order valence-electron chi connectivity index (χ1n) is 7.77. The van der Waals surface area contributed by atoms with Gasteiger partial charge in [0, 0.05) is 23.2 Å². The molecule has 1 atom stereocenters. The first-order chi connectivity index (χ1) is 11.0. The molecule has 1 amide bonds. The minimum atomic E-state index is -0.447. The van der Waals surface area contributed by atoms with Crippen LogP contribution in [0.1, 0.15) is 45.4 Å². The van der Waals surface area contributed by atoms with Crippen molar-refractivity contribution >= 4 is 29.5 Å². The Morgan fingerprint density at radius 2 is 2.26 bits per heavy atom. The number of hydrogen-bond donors (Lipinski definition) is 1. The van der Waals surface area contributed by atoms with E-state index in [9.17, 15) is 4.79 Å². The summed E-state index contributed by atoms with van der Waals surface area (Å²) in [6, 6.07) is 6.73. The molecular weight excluding hydrogens is 326 g/mol. The number of nitrogens with two attached hydrogens (primary N) is 1. The second kappa shape index (κ2) is 6.55. The van der Waals surface area contributed by atoms with Crippen molar-refractivity contribution in [3.8, 4) is 0 Å². The number of primary amides is 1. The summed E-state index contributed by atoms with van der Waals surface area (Å²) in [5.74, 6) is -0.447. The Morgan fingerprint density at radius 3 is 2.91 bits per heavy atom. The zero-order chi connectivity index (χ0) is 16.6. The highest BCUT2D eigenvalue weighted by atomic mass is 32.1. The summed E-state index contributed by atoms with van der Waals surface area (Å²) in [4.78, 5) is 15.6. The van der Waals surface area contributed by atoms with E-state index >= 15 is 0 Å². The Labute approximate surface area is 145 Å². The molecule has 0 aromatic carbocycles. The Bertz CT molecular complexity index is 780. The molecule has 0 saturated carbocycles. The van der Waals surface area contributed by atoms with Crippen LogP contribution >= 0.6 is 23.6 Å². The van der Waals surface area contributed by atoms with Crippen LogP contribution in [-0.4, -0.2) is 21.9 Å². The maximum Gasteiger partial charge on any atom is 0.251 e. The maximum atomic E-state index is 11.7. The number of aryl methyl sites for hydroxylation is 2. The van der Waals surface area contributed by atoms with Gasteiger partial charge in [0.2, 0.25) is 0 Å². The third-order valence-corrected chi connectivity index (χ3v) is 5.91. The topological polar surface area (TPSA) is 51.3 Å². The number of aromatic nitrogens is 1. The maximum absolute atomic E-state index is 11.7. The van der Waals surface area contributed by atoms with Crippen molar-refractivity contribution in [1.82, 2.24) is 9.47 Å². The molecule has 1 saturated heterocycles. The SMILES string of the molecule is Cc1cc(C)n(CN2CCC[C@H]2c2cccs2)c(=S)c1C(N)=O. The van der Waals surface area contributed by atoms with Gasteiger partial charge >= 0.3 is 0 Å². The number of carbonyl (C=O) groups excluding carboxylic acids is 1. The van der Waals surface area contributed by atoms with Crippen molar-refractivity contribution < 1.29 is 4.79 Å². The Morgan fingerprint density at radius 1 is 1.48 bits per heavy atom. The van der Waals surface area contributed by atoms with Crippen LogP contribution in [0.2, 0.25) is 0 Å². The number of rotatable bonds is 4. The summed E-state index contributed by atoms with van der Waals surface area (Å²) in [5, 5.41) is 2.12. The molecular formula is C17H21N3OS2. The van der Waals surface area contributed by atoms with E-state index in [0.717, 1.165) is 17.8 Å². The summed E-state index contributed by atoms with van der Waals surface area (Å²) in [5.41, 5.74) is 7.90. The molecule has 1 aliphatic rings. The number of pyridine rings is 1. The fourth-order valence-corrected chi connectivity index (χ4v) is 4.74. The van der Waals surface area contributed by atoms with Crippen molar-refractivity contribution in [1.29, 1.82) is 0 Å². The summed E-state index contributed by atoms with van der Waals surface area (Å²) >= 11 is 7.36. The van der Waals surface area contributed by atoms with Gasteiger partial charge in [-0.2, -0.15) is 0 Å². The quantitative estimate of drug-likeness (QED) is 0.856. The highest BCUT2D eigenvalue weighted by molar-refractivity contribution is 7.71. The van der Waals surface area contributed by atoms with Crippen LogP contribution in [0.25, 0.3) is 0 Å². The third-order valence-electron chi connectivity index (χ3n) is 4.51. The fraction of sp³-hybridized carbons (Fsp3) is 0.412. The molecule has 23 heavy (non-hydrogen) atoms. The molecule has 0 unspecified atom stereocenters. The van der Waals surface area contributed by atoms with E-state index in [0.29, 0.717) is 22.9 Å². The molecule has 0 bridgehead atoms. The molecule has 2 aromatic heterocycles. The average molecular weight is 348 g/mol. The molecule has 3 heterocycles. The normalized spacial score (nSPS) is 18.4. The molecule has 0 radical (unpaired) electrons. The van der Waals surface area contributed by atoms with Crippen LogP contribution < -0.4 is 5.73 Å². The standard InChI is InChI=1S/C17H21N3OS2/c1-11-9-12(2)20(17(22)15(11)16(18)21)10-19-7-3-5-13(19)14-6-4-8-23-14/h4,6,8-9,13H,3,5,7,10H2,1-2H3,(H2,18,21)/t13-/m0/s1. The molecule has 3 rings (SSSR count). The van der Waals surface area contributed by atoms with Crippen molar-refractivity contribution in [3.63, 3.8) is 0 Å². The fourth-order valence-electron chi connectivity index (χ4n) is 3.38. The molecule has 6 heteroatoms. The molecule has 0 aliphatic carbocycles. The van der Waals surface area contributed by atoms with Gasteiger partial charge in [-0.1, -0.05) is 18.3 Å². The van der Waals surface area contributed by atoms with Crippen molar-refractivity contribution in [2.45, 2.75) is 39.4 Å². The van der Waals surface area contributed by atoms with E-state index in [-0.39, 0.29) is 0 Å². The lowest BCUT2D eigenvalue weighted by molar-refractivity contribution is 0.0997. The van der Waals surface area contributed by atoms with Crippen LogP contribution in [0.15, 0.2) is 23.6 Å². The van der Waals surface area contributed by atoms with E-state index < -0.39 is 5.91 Å². The Kier molecular flexibility index (Phi) is 4.66. The first kappa shape index (κ1) is 16.4. The van der Waals surface area contributed by atoms with Gasteiger partial charge in [0.25, 0.3) is 5.91 Å². The Hall–Kier alpha value is -1.50. The van der Waals surface area contributed by atoms with Crippen molar-refractivity contribution in [2.24, 2.45) is 5.73 Å². The lowest BCUT2D eigenvalue weighted by atomic mass is 10.1. The third kappa shape index (κ3) is 3.11. The summed E-state index contributed by atoms with van der Waals surface area (Å²) in [6.07, 6.45) is 2.35. The number of carbonyl (C=O) groups is 1. The van der Waals surface area contributed by atoms with Crippen molar-refractivity contribution in [3.05, 3.63) is 49.9 Å². The lowest BCUT2D eigenvalue weighted by Crippen LogP contribution is -2.28. The average Bonchev–Trinajstić information content (AvgIpc) is 3.13. The minimum Gasteiger partial charge on any atom is -0.365 e. The van der Waals surface area contributed by atoms with E-state index in [4.69, 9.17) is 18.0 Å². The summed E-state index contributed by atoms with van der Waals surface area (Å²) in [7, 11) is 0. The number of hydrogen-bond acceptors (Lipinski definition) is 4. The van der Waals surface area contributed by atoms with E-state index in [2.05, 4.69) is 22.4 Å². The van der Waals surface area contributed by atoms with Crippen molar-refractivity contribution in [2.75, 3.05) is 6.54 Å². The summed E-state index contributed by atoms with van der Waals surface area (Å²) < 4.78 is 2.58. The number of nitrogens with zero attached hydrogens (tertiary/aromatic N) is 2. The highest BCUT2D eigenvalue weighted by Crippen LogP contribution is 2.35. The van der Waals surface area contributed by atoms with Gasteiger partial charge < -0.3 is 10.3 Å². The summed E-state index contributed by atoms with van der Waals surface area (Å²) in [6.45, 7) is 5.67. The molecule has 4 nitrogen and oxygen atoms in total. The van der Waals surface area contributed by atoms with Crippen LogP contribution in [0, 0.1) is 18.5 Å². The Balaban J connectivity index is 1.95. The van der Waals surface area contributed by atoms with Crippen LogP contribution in [0.4, 0.5) is 0 Å². The van der Waals surface area contributed by atoms with Gasteiger partial charge in [-0.3, -0.25) is 9.69 Å². The van der Waals surface area contributed by atoms with E-state index in [1.165, 1.54) is 17.7 Å². The first-order valence-corrected chi connectivity index (χ1v) is 9.06. The molecule has 2 aromatic rings. The van der Waals surface area contributed by atoms with Crippen LogP contribution in [0.3, 0.4) is 0 Å². The van der Waals surface area contributed by atoms with Gasteiger partial charge in [-0.15, -0.1) is 11.3 Å². The second-order valence-electron chi connectivity index (χ2n) is 6.07. The molecule has 2 N–H and O–H groups in total. The number of likely N-dealkylation sites (tertiary alicyclic amines) is 1. The molecule has 0 spiro atoms. The molecule has 1 fully saturated rings. The zero-order valence-electron chi connectivity index (χ0n) is 13.4. The van der Waals surface area contributed by atoms with E-state index in [1.807, 2.05) is 24.5 Å². The van der Waals surface area contributed by atoms with Crippen LogP contribution in [0.5, 0.6) is 0 Å². The second-order valence-corrected chi connectivity index (χ2v) is 7.43. The highest BCUT2D eigenvalue weighted by Gasteiger charge is 2.27. The van der Waals surface area contributed by atoms with Gasteiger partial charge in [0.15, 0.2) is 0 Å². The van der Waals surface area contributed by atoms with Gasteiger partial charge in [-0.05, 0) is 49.8 Å². The molecule has 1 aliphatic heterocycles. The predicted molar refractivity (Wildman–Crippen MR) is 96.3 cm³/mol. The minimum absolute atomic E-state index is 0.439. The smallest absolute Gasteiger partial charge is 0.251 e. The van der Waals surface area contributed by atoms with Gasteiger partial charge in [0.1, 0.15) is 4.64 Å². The monoisotopic (exact) mass is 347 g/mol. The number of thiophene rings is 1. The lowest BCUT2D eigenvalue weighted by Gasteiger charge is -2.26. The molecule has 122 valence electrons. The van der Waals surface area contributed by atoms with Gasteiger partial charge in [-0.25, -0.2) is 0 Å². The van der Waals surface area contributed by atoms with Crippen LogP contribution in [-0.2, 0) is 6.67 Å². The largest absolute Gasteiger partial charge is 0.365 e. The zero-order valence-corrected chi connectivity index (χ0v) is 15.0. The number of amides is 1.